The van der Waals surface area contributed by atoms with Crippen LogP contribution < -0.4 is 0 Å². The third-order valence-electron chi connectivity index (χ3n) is 13.5. The standard InChI is InChI=1S/C15H19N.C14H17N.2C9H7N.2C6H4N4.C4H5N.6C4H10.C3H4N2/c1-11(2)15-12-7-3-4-8-13(12)16-10-6-5-9-14(15)16;1-10(2)14-11-6-3-4-7-12(11)15-9-5-8-13(14)15;1-2-6-9-8(4-1)5-3-7-10-9;1-2-4-9-7-10-6-5-8(9)3-1;1-5-2-8-4-10-6(5)9-3-7-1;1-2-9-6-5(8-1)3-7-4-10-6;1-2-4-5-3-1;6*1-4(2)3;1-2-5-3-4-1/h3-4,7-8,11H,5-6,9-10H2,1-2H3;3-4,6-7,10H,5,8-9H2,1-2H3;2*1-7H;2*1-4H;1-5H;6*4H,1-3H3;1-3H,(H,4,5). The lowest BCUT2D eigenvalue weighted by atomic mass is 9.96. The van der Waals surface area contributed by atoms with E-state index in [-0.39, 0.29) is 0 Å². The number of para-hydroxylation sites is 3. The number of fused-ring (bicyclic) bond motifs is 10. The number of aromatic amines is 2. The Morgan fingerprint density at radius 1 is 0.305 bits per heavy atom. The lowest BCUT2D eigenvalue weighted by molar-refractivity contribution is 0.538. The predicted octanol–water partition coefficient (Wildman–Crippen LogP) is 24.5. The van der Waals surface area contributed by atoms with Crippen molar-refractivity contribution in [2.75, 3.05) is 0 Å². The van der Waals surface area contributed by atoms with Gasteiger partial charge in [0.1, 0.15) is 24.5 Å². The molecule has 562 valence electrons. The number of benzene rings is 4. The number of H-pyrrole nitrogens is 2. The molecule has 15 heteroatoms. The fourth-order valence-corrected chi connectivity index (χ4v) is 10.1. The van der Waals surface area contributed by atoms with Crippen LogP contribution in [0.4, 0.5) is 0 Å². The topological polar surface area (TPSA) is 183 Å². The number of aromatic nitrogens is 15. The minimum absolute atomic E-state index is 0.637. The van der Waals surface area contributed by atoms with Crippen LogP contribution in [0.25, 0.3) is 65.7 Å². The molecule has 2 N–H and O–H groups in total. The van der Waals surface area contributed by atoms with E-state index < -0.39 is 0 Å². The Balaban J connectivity index is 0.000000303. The Kier molecular flexibility index (Phi) is 44.3. The van der Waals surface area contributed by atoms with Gasteiger partial charge in [-0.05, 0) is 144 Å². The van der Waals surface area contributed by atoms with Crippen LogP contribution in [0.1, 0.15) is 206 Å². The van der Waals surface area contributed by atoms with Crippen LogP contribution in [-0.2, 0) is 25.9 Å². The number of nitrogens with zero attached hydrogens (tertiary/aromatic N) is 13. The van der Waals surface area contributed by atoms with Crippen LogP contribution in [0.2, 0.25) is 0 Å². The van der Waals surface area contributed by atoms with Crippen molar-refractivity contribution in [1.29, 1.82) is 0 Å². The molecule has 4 aromatic carbocycles. The molecule has 10 aromatic heterocycles. The van der Waals surface area contributed by atoms with Crippen molar-refractivity contribution in [2.45, 2.75) is 209 Å². The number of imidazole rings is 1. The highest BCUT2D eigenvalue weighted by Gasteiger charge is 2.23. The van der Waals surface area contributed by atoms with E-state index >= 15 is 0 Å². The maximum Gasteiger partial charge on any atom is 0.181 e. The first-order chi connectivity index (χ1) is 50.3. The van der Waals surface area contributed by atoms with Crippen molar-refractivity contribution >= 4 is 65.7 Å². The molecule has 0 saturated heterocycles. The molecule has 2 aliphatic heterocycles. The third kappa shape index (κ3) is 36.9. The summed E-state index contributed by atoms with van der Waals surface area (Å²) in [4.78, 5) is 48.6. The van der Waals surface area contributed by atoms with E-state index in [1.54, 1.807) is 72.2 Å². The van der Waals surface area contributed by atoms with Gasteiger partial charge in [-0.25, -0.2) is 44.9 Å². The summed E-state index contributed by atoms with van der Waals surface area (Å²) in [5.74, 6) is 6.28. The summed E-state index contributed by atoms with van der Waals surface area (Å²) < 4.78 is 5.07. The zero-order valence-electron chi connectivity index (χ0n) is 67.7. The van der Waals surface area contributed by atoms with E-state index in [2.05, 4.69) is 299 Å². The van der Waals surface area contributed by atoms with Crippen LogP contribution in [0, 0.1) is 35.5 Å². The molecule has 0 fully saturated rings. The normalized spacial score (nSPS) is 11.2. The molecular formula is C90H127N15. The SMILES string of the molecule is CC(C)C.CC(C)C.CC(C)C.CC(C)C.CC(C)C.CC(C)C.CC(C)c1c2n(c3ccccc13)CCC2.CC(C)c1c2n(c3ccccc13)CCCC2.c1c[nH]cn1.c1cc[nH]c1.c1ccc2cnccc2c1.c1ccc2ncccc2c1.c1cnc2ncncc2n1.c1ncc2cncnc2n1. The number of pyridine rings is 2. The smallest absolute Gasteiger partial charge is 0.181 e. The second-order valence-corrected chi connectivity index (χ2v) is 30.0. The van der Waals surface area contributed by atoms with Crippen LogP contribution in [0.5, 0.6) is 0 Å². The first-order valence-electron chi connectivity index (χ1n) is 37.8. The van der Waals surface area contributed by atoms with E-state index in [1.807, 2.05) is 85.6 Å². The Morgan fingerprint density at radius 2 is 0.733 bits per heavy atom. The van der Waals surface area contributed by atoms with Gasteiger partial charge in [-0.2, -0.15) is 0 Å². The fraction of sp³-hybridized carbons (Fsp3) is 0.411. The highest BCUT2D eigenvalue weighted by Crippen LogP contribution is 2.37. The average Bonchev–Trinajstić information content (AvgIpc) is 1.62. The molecule has 0 atom stereocenters. The molecule has 0 bridgehead atoms. The quantitative estimate of drug-likeness (QED) is 0.168. The molecule has 12 heterocycles. The zero-order valence-corrected chi connectivity index (χ0v) is 67.7. The monoisotopic (exact) mass is 1420 g/mol. The minimum atomic E-state index is 0.637. The van der Waals surface area contributed by atoms with Crippen molar-refractivity contribution in [3.05, 3.63) is 250 Å². The van der Waals surface area contributed by atoms with Gasteiger partial charge in [-0.1, -0.05) is 237 Å². The molecule has 15 nitrogen and oxygen atoms in total. The van der Waals surface area contributed by atoms with E-state index in [4.69, 9.17) is 0 Å². The first-order valence-corrected chi connectivity index (χ1v) is 37.8. The van der Waals surface area contributed by atoms with Crippen molar-refractivity contribution in [3.63, 3.8) is 0 Å². The molecular weight excluding hydrogens is 1290 g/mol. The highest BCUT2D eigenvalue weighted by atomic mass is 15.0. The predicted molar refractivity (Wildman–Crippen MR) is 450 cm³/mol. The second-order valence-electron chi connectivity index (χ2n) is 30.0. The zero-order chi connectivity index (χ0) is 77.3. The number of hydrogen-bond acceptors (Lipinski definition) is 11. The van der Waals surface area contributed by atoms with Gasteiger partial charge in [0.2, 0.25) is 0 Å². The van der Waals surface area contributed by atoms with Gasteiger partial charge in [0, 0.05) is 120 Å². The first kappa shape index (κ1) is 89.3. The van der Waals surface area contributed by atoms with E-state index in [1.165, 1.54) is 102 Å². The maximum atomic E-state index is 4.18. The summed E-state index contributed by atoms with van der Waals surface area (Å²) in [6.45, 7) is 50.7. The van der Waals surface area contributed by atoms with Crippen molar-refractivity contribution in [1.82, 2.24) is 73.9 Å². The van der Waals surface area contributed by atoms with Crippen molar-refractivity contribution < 1.29 is 0 Å². The summed E-state index contributed by atoms with van der Waals surface area (Å²) in [5.41, 5.74) is 12.4. The van der Waals surface area contributed by atoms with Gasteiger partial charge in [-0.15, -0.1) is 0 Å². The third-order valence-corrected chi connectivity index (χ3v) is 13.5. The molecule has 2 aliphatic rings. The molecule has 0 amide bonds. The molecule has 0 aliphatic carbocycles. The minimum Gasteiger partial charge on any atom is -0.368 e. The van der Waals surface area contributed by atoms with Gasteiger partial charge in [0.05, 0.1) is 23.4 Å². The average molecular weight is 1420 g/mol. The fourth-order valence-electron chi connectivity index (χ4n) is 10.1. The summed E-state index contributed by atoms with van der Waals surface area (Å²) in [6, 6.07) is 43.9. The Morgan fingerprint density at radius 3 is 1.18 bits per heavy atom. The van der Waals surface area contributed by atoms with Gasteiger partial charge < -0.3 is 19.1 Å². The summed E-state index contributed by atoms with van der Waals surface area (Å²) in [5, 5.41) is 7.47. The molecule has 0 radical (unpaired) electrons. The lowest BCUT2D eigenvalue weighted by Gasteiger charge is -2.18. The Hall–Kier alpha value is -9.89. The van der Waals surface area contributed by atoms with Crippen LogP contribution in [0.3, 0.4) is 0 Å². The van der Waals surface area contributed by atoms with Gasteiger partial charge in [0.15, 0.2) is 11.3 Å². The largest absolute Gasteiger partial charge is 0.368 e. The highest BCUT2D eigenvalue weighted by molar-refractivity contribution is 5.87. The molecule has 0 spiro atoms. The number of nitrogens with one attached hydrogen (secondary N) is 2. The van der Waals surface area contributed by atoms with Crippen molar-refractivity contribution in [2.24, 2.45) is 35.5 Å². The van der Waals surface area contributed by atoms with Crippen LogP contribution in [-0.4, -0.2) is 73.9 Å². The molecule has 0 saturated carbocycles. The Labute approximate surface area is 630 Å². The van der Waals surface area contributed by atoms with Gasteiger partial charge in [0.25, 0.3) is 0 Å². The van der Waals surface area contributed by atoms with Crippen LogP contribution in [0.15, 0.2) is 227 Å². The molecule has 14 aromatic rings. The van der Waals surface area contributed by atoms with Gasteiger partial charge in [-0.3, -0.25) is 9.97 Å². The number of aryl methyl sites for hydroxylation is 2. The molecule has 16 rings (SSSR count). The summed E-state index contributed by atoms with van der Waals surface area (Å²) in [6.07, 6.45) is 33.5. The van der Waals surface area contributed by atoms with Gasteiger partial charge >= 0.3 is 0 Å². The summed E-state index contributed by atoms with van der Waals surface area (Å²) in [7, 11) is 0. The van der Waals surface area contributed by atoms with Crippen molar-refractivity contribution in [3.8, 4) is 0 Å². The summed E-state index contributed by atoms with van der Waals surface area (Å²) >= 11 is 0. The number of rotatable bonds is 2. The maximum absolute atomic E-state index is 4.18. The van der Waals surface area contributed by atoms with E-state index in [9.17, 15) is 0 Å². The molecule has 0 unspecified atom stereocenters. The Bertz CT molecular complexity index is 3760. The number of hydrogen-bond donors (Lipinski definition) is 2. The lowest BCUT2D eigenvalue weighted by Crippen LogP contribution is -2.11. The second kappa shape index (κ2) is 52.1. The van der Waals surface area contributed by atoms with E-state index in [0.29, 0.717) is 23.1 Å². The van der Waals surface area contributed by atoms with E-state index in [0.717, 1.165) is 51.9 Å². The molecule has 105 heavy (non-hydrogen) atoms. The van der Waals surface area contributed by atoms with Crippen LogP contribution >= 0.6 is 0 Å².